The zero-order valence-corrected chi connectivity index (χ0v) is 23.6. The van der Waals surface area contributed by atoms with Crippen molar-refractivity contribution in [1.29, 1.82) is 0 Å². The van der Waals surface area contributed by atoms with E-state index in [1.165, 1.54) is 6.38 Å². The third-order valence-corrected chi connectivity index (χ3v) is 2.40. The second kappa shape index (κ2) is 34.7. The van der Waals surface area contributed by atoms with Crippen LogP contribution in [0.3, 0.4) is 0 Å². The summed E-state index contributed by atoms with van der Waals surface area (Å²) in [5, 5.41) is 0. The molecule has 0 fully saturated rings. The standard InChI is InChI=1S/CH3Cl.4Na.2O5P2/c1-2;;;;;2*1-6(2)5-7(3)4/h1H3;;;;;;/q;4*+1;;. The molecule has 10 nitrogen and oxygen atoms in total. The zero-order valence-electron chi connectivity index (χ0n) is 11.2. The van der Waals surface area contributed by atoms with Gasteiger partial charge in [0.1, 0.15) is 8.62 Å². The molecule has 0 radical (unpaired) electrons. The normalized spacial score (nSPS) is 9.70. The first-order chi connectivity index (χ1) is 7.25. The van der Waals surface area contributed by atoms with Gasteiger partial charge in [-0.3, -0.25) is 0 Å². The van der Waals surface area contributed by atoms with E-state index in [1.807, 2.05) is 0 Å². The predicted molar refractivity (Wildman–Crippen MR) is 44.4 cm³/mol. The van der Waals surface area contributed by atoms with Crippen molar-refractivity contribution in [2.45, 2.75) is 0 Å². The second-order valence-electron chi connectivity index (χ2n) is 1.06. The summed E-state index contributed by atoms with van der Waals surface area (Å²) in [7, 11) is -12.9. The van der Waals surface area contributed by atoms with Crippen molar-refractivity contribution in [2.24, 2.45) is 0 Å². The quantitative estimate of drug-likeness (QED) is 0.238. The van der Waals surface area contributed by atoms with Crippen LogP contribution in [-0.4, -0.2) is 6.38 Å². The molecule has 19 heteroatoms. The topological polar surface area (TPSA) is 179 Å². The van der Waals surface area contributed by atoms with Crippen LogP contribution in [0.5, 0.6) is 0 Å². The van der Waals surface area contributed by atoms with Crippen LogP contribution in [0, 0.1) is 0 Å². The Labute approximate surface area is 212 Å². The number of alkyl halides is 1. The number of hydrogen-bond donors (Lipinski definition) is 0. The Kier molecular flexibility index (Phi) is 76.7. The molecule has 0 aliphatic rings. The summed E-state index contributed by atoms with van der Waals surface area (Å²) >= 11 is 4.64. The Hall–Kier alpha value is 4.45. The van der Waals surface area contributed by atoms with Gasteiger partial charge in [0.25, 0.3) is 0 Å². The average Bonchev–Trinajstić information content (AvgIpc) is 2.03. The van der Waals surface area contributed by atoms with Gasteiger partial charge >= 0.3 is 151 Å². The first-order valence-corrected chi connectivity index (χ1v) is 7.71. The van der Waals surface area contributed by atoms with Crippen LogP contribution < -0.4 is 138 Å². The summed E-state index contributed by atoms with van der Waals surface area (Å²) in [6, 6.07) is 0. The Balaban J connectivity index is -0.0000000254. The van der Waals surface area contributed by atoms with E-state index < -0.39 is 33.0 Å². The van der Waals surface area contributed by atoms with Crippen molar-refractivity contribution >= 4 is 44.6 Å². The molecule has 0 aliphatic carbocycles. The number of rotatable bonds is 4. The molecule has 20 heavy (non-hydrogen) atoms. The average molecular weight is 426 g/mol. The Bertz CT molecular complexity index is 216. The summed E-state index contributed by atoms with van der Waals surface area (Å²) in [6.07, 6.45) is 1.47. The van der Waals surface area contributed by atoms with Crippen LogP contribution in [0.15, 0.2) is 0 Å². The molecule has 0 aromatic carbocycles. The van der Waals surface area contributed by atoms with Gasteiger partial charge < -0.3 is 19.6 Å². The van der Waals surface area contributed by atoms with Crippen LogP contribution in [0.2, 0.25) is 0 Å². The Morgan fingerprint density at radius 3 is 0.700 bits per heavy atom. The van der Waals surface area contributed by atoms with Gasteiger partial charge in [0.2, 0.25) is 0 Å². The molecular formula is CH3ClNa4O10P4+4. The van der Waals surface area contributed by atoms with Gasteiger partial charge in [-0.1, -0.05) is 0 Å². The van der Waals surface area contributed by atoms with Crippen molar-refractivity contribution < 1.29 is 165 Å². The molecule has 0 bridgehead atoms. The monoisotopic (exact) mass is 426 g/mol. The minimum absolute atomic E-state index is 0. The summed E-state index contributed by atoms with van der Waals surface area (Å²) in [5.74, 6) is 0. The van der Waals surface area contributed by atoms with E-state index in [2.05, 4.69) is 20.2 Å². The zero-order chi connectivity index (χ0) is 13.7. The molecule has 0 aromatic heterocycles. The van der Waals surface area contributed by atoms with E-state index >= 15 is 0 Å². The molecule has 0 amide bonds. The summed E-state index contributed by atoms with van der Waals surface area (Å²) in [6.45, 7) is 0. The van der Waals surface area contributed by atoms with E-state index in [1.54, 1.807) is 0 Å². The Morgan fingerprint density at radius 2 is 0.700 bits per heavy atom. The van der Waals surface area contributed by atoms with Gasteiger partial charge in [-0.25, -0.2) is 0 Å². The van der Waals surface area contributed by atoms with Gasteiger partial charge in [-0.2, -0.15) is 0 Å². The molecule has 0 N–H and O–H groups in total. The van der Waals surface area contributed by atoms with Gasteiger partial charge in [-0.05, 0) is 18.3 Å². The molecule has 0 aliphatic heterocycles. The molecule has 4 atom stereocenters. The molecule has 0 spiro atoms. The molecule has 94 valence electrons. The smallest absolute Gasteiger partial charge is 0.563 e. The first kappa shape index (κ1) is 44.2. The molecular weight excluding hydrogens is 423 g/mol. The fraction of sp³-hybridized carbons (Fsp3) is 1.00. The SMILES string of the molecule is CCl.O=[P+]([O-])O[P+](=O)[O-].O=[P+]([O-])O[P+](=O)[O-].[Na+].[Na+].[Na+].[Na+]. The molecule has 0 saturated heterocycles. The fourth-order valence-electron chi connectivity index (χ4n) is 0.109. The first-order valence-electron chi connectivity index (χ1n) is 2.57. The predicted octanol–water partition coefficient (Wildman–Crippen LogP) is -13.1. The summed E-state index contributed by atoms with van der Waals surface area (Å²) in [5.41, 5.74) is 0. The van der Waals surface area contributed by atoms with E-state index in [0.29, 0.717) is 0 Å². The minimum Gasteiger partial charge on any atom is -0.563 e. The molecule has 0 aromatic rings. The Morgan fingerprint density at radius 1 is 0.600 bits per heavy atom. The van der Waals surface area contributed by atoms with E-state index in [-0.39, 0.29) is 118 Å². The van der Waals surface area contributed by atoms with Crippen LogP contribution >= 0.6 is 44.6 Å². The third kappa shape index (κ3) is 66.6. The van der Waals surface area contributed by atoms with Crippen molar-refractivity contribution in [3.05, 3.63) is 0 Å². The van der Waals surface area contributed by atoms with Gasteiger partial charge in [-0.15, -0.1) is 11.6 Å². The maximum atomic E-state index is 9.24. The van der Waals surface area contributed by atoms with Crippen LogP contribution in [0.4, 0.5) is 0 Å². The van der Waals surface area contributed by atoms with Crippen molar-refractivity contribution in [2.75, 3.05) is 6.38 Å². The fourth-order valence-corrected chi connectivity index (χ4v) is 0.980. The maximum Gasteiger partial charge on any atom is 1.00 e. The van der Waals surface area contributed by atoms with Crippen molar-refractivity contribution in [1.82, 2.24) is 0 Å². The molecule has 0 heterocycles. The van der Waals surface area contributed by atoms with Gasteiger partial charge in [0, 0.05) is 6.38 Å². The second-order valence-corrected chi connectivity index (χ2v) is 4.15. The number of hydrogen-bond acceptors (Lipinski definition) is 10. The molecule has 0 saturated carbocycles. The van der Waals surface area contributed by atoms with Crippen LogP contribution in [0.1, 0.15) is 0 Å². The van der Waals surface area contributed by atoms with Crippen LogP contribution in [-0.2, 0) is 26.9 Å². The number of halogens is 1. The maximum absolute atomic E-state index is 9.24. The van der Waals surface area contributed by atoms with E-state index in [0.717, 1.165) is 0 Å². The minimum atomic E-state index is -3.24. The van der Waals surface area contributed by atoms with Gasteiger partial charge in [0.15, 0.2) is 0 Å². The third-order valence-electron chi connectivity index (χ3n) is 0.267. The van der Waals surface area contributed by atoms with Crippen molar-refractivity contribution in [3.63, 3.8) is 0 Å². The molecule has 0 rings (SSSR count). The van der Waals surface area contributed by atoms with Crippen molar-refractivity contribution in [3.8, 4) is 0 Å². The van der Waals surface area contributed by atoms with E-state index in [9.17, 15) is 37.8 Å². The van der Waals surface area contributed by atoms with Crippen LogP contribution in [0.25, 0.3) is 0 Å². The van der Waals surface area contributed by atoms with Gasteiger partial charge in [0.05, 0.1) is 0 Å². The molecule has 4 unspecified atom stereocenters. The van der Waals surface area contributed by atoms with E-state index in [4.69, 9.17) is 0 Å². The largest absolute Gasteiger partial charge is 1.00 e. The summed E-state index contributed by atoms with van der Waals surface area (Å²) < 4.78 is 43.3. The summed E-state index contributed by atoms with van der Waals surface area (Å²) in [4.78, 5) is 37.0.